The number of hydrogen-bond acceptors (Lipinski definition) is 4. The van der Waals surface area contributed by atoms with Crippen molar-refractivity contribution in [1.29, 1.82) is 0 Å². The van der Waals surface area contributed by atoms with Crippen LogP contribution < -0.4 is 0 Å². The molecule has 100 valence electrons. The van der Waals surface area contributed by atoms with Crippen LogP contribution in [0.25, 0.3) is 0 Å². The number of amides is 1. The normalized spacial score (nSPS) is 19.6. The lowest BCUT2D eigenvalue weighted by Gasteiger charge is -2.35. The van der Waals surface area contributed by atoms with E-state index in [4.69, 9.17) is 4.74 Å². The Morgan fingerprint density at radius 3 is 3.21 bits per heavy atom. The number of hydrogen-bond donors (Lipinski definition) is 1. The number of ether oxygens (including phenoxy) is 1. The van der Waals surface area contributed by atoms with Crippen LogP contribution in [0.2, 0.25) is 0 Å². The van der Waals surface area contributed by atoms with Crippen LogP contribution in [0.15, 0.2) is 23.0 Å². The van der Waals surface area contributed by atoms with Gasteiger partial charge in [-0.2, -0.15) is 16.4 Å². The summed E-state index contributed by atoms with van der Waals surface area (Å²) in [6.07, 6.45) is 1.77. The zero-order valence-electron chi connectivity index (χ0n) is 10.6. The first-order valence-corrected chi connectivity index (χ1v) is 7.12. The Labute approximate surface area is 115 Å². The summed E-state index contributed by atoms with van der Waals surface area (Å²) in [5, 5.41) is 10.8. The number of aromatic amines is 1. The van der Waals surface area contributed by atoms with Crippen molar-refractivity contribution in [3.63, 3.8) is 0 Å². The molecule has 1 atom stereocenters. The summed E-state index contributed by atoms with van der Waals surface area (Å²) in [6, 6.07) is 1.78. The van der Waals surface area contributed by atoms with Crippen molar-refractivity contribution in [2.24, 2.45) is 0 Å². The van der Waals surface area contributed by atoms with Gasteiger partial charge in [0, 0.05) is 11.9 Å². The molecule has 0 aliphatic carbocycles. The lowest BCUT2D eigenvalue weighted by atomic mass is 10.1. The van der Waals surface area contributed by atoms with Gasteiger partial charge in [0.25, 0.3) is 5.91 Å². The number of carbonyl (C=O) groups excluding carboxylic acids is 1. The first-order valence-electron chi connectivity index (χ1n) is 6.18. The first kappa shape index (κ1) is 12.4. The van der Waals surface area contributed by atoms with Crippen molar-refractivity contribution in [3.8, 4) is 0 Å². The van der Waals surface area contributed by atoms with Gasteiger partial charge in [-0.15, -0.1) is 0 Å². The van der Waals surface area contributed by atoms with Crippen LogP contribution in [0.3, 0.4) is 0 Å². The maximum absolute atomic E-state index is 12.5. The number of carbonyl (C=O) groups is 1. The molecule has 0 bridgehead atoms. The Kier molecular flexibility index (Phi) is 3.35. The topological polar surface area (TPSA) is 58.2 Å². The summed E-state index contributed by atoms with van der Waals surface area (Å²) < 4.78 is 5.52. The average Bonchev–Trinajstić information content (AvgIpc) is 3.09. The van der Waals surface area contributed by atoms with E-state index < -0.39 is 0 Å². The van der Waals surface area contributed by atoms with Crippen LogP contribution in [0.5, 0.6) is 0 Å². The highest BCUT2D eigenvalue weighted by Crippen LogP contribution is 2.26. The maximum Gasteiger partial charge on any atom is 0.255 e. The molecule has 5 nitrogen and oxygen atoms in total. The van der Waals surface area contributed by atoms with Gasteiger partial charge >= 0.3 is 0 Å². The van der Waals surface area contributed by atoms with Crippen molar-refractivity contribution >= 4 is 17.2 Å². The van der Waals surface area contributed by atoms with E-state index in [0.717, 1.165) is 16.8 Å². The first-order chi connectivity index (χ1) is 9.27. The minimum atomic E-state index is -0.0800. The third-order valence-corrected chi connectivity index (χ3v) is 4.04. The van der Waals surface area contributed by atoms with Gasteiger partial charge in [0.15, 0.2) is 0 Å². The van der Waals surface area contributed by atoms with Crippen LogP contribution in [0, 0.1) is 6.92 Å². The molecule has 19 heavy (non-hydrogen) atoms. The van der Waals surface area contributed by atoms with Crippen LogP contribution in [0.4, 0.5) is 0 Å². The number of thiophene rings is 1. The minimum Gasteiger partial charge on any atom is -0.377 e. The Balaban J connectivity index is 1.90. The molecule has 1 saturated heterocycles. The van der Waals surface area contributed by atoms with Crippen LogP contribution >= 0.6 is 11.3 Å². The van der Waals surface area contributed by atoms with Crippen molar-refractivity contribution in [2.45, 2.75) is 13.0 Å². The fourth-order valence-corrected chi connectivity index (χ4v) is 2.96. The number of rotatable bonds is 2. The summed E-state index contributed by atoms with van der Waals surface area (Å²) in [6.45, 7) is 3.69. The van der Waals surface area contributed by atoms with Crippen molar-refractivity contribution in [1.82, 2.24) is 15.1 Å². The predicted molar refractivity (Wildman–Crippen MR) is 72.2 cm³/mol. The molecule has 0 aromatic carbocycles. The molecule has 3 heterocycles. The lowest BCUT2D eigenvalue weighted by Crippen LogP contribution is -2.43. The highest BCUT2D eigenvalue weighted by Gasteiger charge is 2.31. The molecule has 2 aromatic heterocycles. The number of morpholine rings is 1. The van der Waals surface area contributed by atoms with Gasteiger partial charge in [-0.1, -0.05) is 0 Å². The molecular weight excluding hydrogens is 262 g/mol. The minimum absolute atomic E-state index is 0.0588. The summed E-state index contributed by atoms with van der Waals surface area (Å²) in [5.74, 6) is 0.0588. The quantitative estimate of drug-likeness (QED) is 0.913. The third-order valence-electron chi connectivity index (χ3n) is 3.36. The number of H-pyrrole nitrogens is 1. The summed E-state index contributed by atoms with van der Waals surface area (Å²) >= 11 is 1.53. The Morgan fingerprint density at radius 1 is 1.63 bits per heavy atom. The van der Waals surface area contributed by atoms with Gasteiger partial charge < -0.3 is 9.64 Å². The van der Waals surface area contributed by atoms with Gasteiger partial charge in [0.2, 0.25) is 0 Å². The molecule has 0 radical (unpaired) electrons. The number of nitrogens with zero attached hydrogens (tertiary/aromatic N) is 2. The van der Waals surface area contributed by atoms with Gasteiger partial charge in [-0.25, -0.2) is 0 Å². The van der Waals surface area contributed by atoms with Crippen molar-refractivity contribution < 1.29 is 9.53 Å². The van der Waals surface area contributed by atoms with Gasteiger partial charge in [-0.3, -0.25) is 9.89 Å². The molecule has 0 unspecified atom stereocenters. The van der Waals surface area contributed by atoms with Gasteiger partial charge in [0.05, 0.1) is 36.7 Å². The highest BCUT2D eigenvalue weighted by atomic mass is 32.1. The molecule has 1 aliphatic heterocycles. The number of aryl methyl sites for hydroxylation is 1. The zero-order valence-corrected chi connectivity index (χ0v) is 11.4. The fourth-order valence-electron chi connectivity index (χ4n) is 2.33. The summed E-state index contributed by atoms with van der Waals surface area (Å²) in [7, 11) is 0. The SMILES string of the molecule is Cc1cn[nH]c1[C@@H]1COCCN1C(=O)c1ccsc1. The Bertz CT molecular complexity index is 564. The second-order valence-corrected chi connectivity index (χ2v) is 5.35. The molecule has 3 rings (SSSR count). The molecule has 1 N–H and O–H groups in total. The van der Waals surface area contributed by atoms with Gasteiger partial charge in [0.1, 0.15) is 0 Å². The second-order valence-electron chi connectivity index (χ2n) is 4.57. The van der Waals surface area contributed by atoms with E-state index in [1.165, 1.54) is 11.3 Å². The smallest absolute Gasteiger partial charge is 0.255 e. The monoisotopic (exact) mass is 277 g/mol. The van der Waals surface area contributed by atoms with Gasteiger partial charge in [-0.05, 0) is 23.9 Å². The van der Waals surface area contributed by atoms with E-state index in [-0.39, 0.29) is 11.9 Å². The lowest BCUT2D eigenvalue weighted by molar-refractivity contribution is -0.00404. The fraction of sp³-hybridized carbons (Fsp3) is 0.385. The average molecular weight is 277 g/mol. The van der Waals surface area contributed by atoms with Crippen LogP contribution in [-0.2, 0) is 4.74 Å². The van der Waals surface area contributed by atoms with Crippen LogP contribution in [-0.4, -0.2) is 40.8 Å². The Hall–Kier alpha value is -1.66. The largest absolute Gasteiger partial charge is 0.377 e. The zero-order chi connectivity index (χ0) is 13.2. The molecule has 0 spiro atoms. The van der Waals surface area contributed by atoms with Crippen LogP contribution in [0.1, 0.15) is 27.7 Å². The van der Waals surface area contributed by atoms with Crippen molar-refractivity contribution in [3.05, 3.63) is 39.8 Å². The number of nitrogens with one attached hydrogen (secondary N) is 1. The van der Waals surface area contributed by atoms with E-state index in [9.17, 15) is 4.79 Å². The molecule has 1 fully saturated rings. The molecular formula is C13H15N3O2S. The molecule has 1 aliphatic rings. The molecule has 6 heteroatoms. The summed E-state index contributed by atoms with van der Waals surface area (Å²) in [4.78, 5) is 14.4. The highest BCUT2D eigenvalue weighted by molar-refractivity contribution is 7.08. The third kappa shape index (κ3) is 2.29. The van der Waals surface area contributed by atoms with E-state index in [0.29, 0.717) is 19.8 Å². The number of aromatic nitrogens is 2. The standard InChI is InChI=1S/C13H15N3O2S/c1-9-6-14-15-12(9)11-7-18-4-3-16(11)13(17)10-2-5-19-8-10/h2,5-6,8,11H,3-4,7H2,1H3,(H,14,15)/t11-/m0/s1. The van der Waals surface area contributed by atoms with E-state index >= 15 is 0 Å². The molecule has 1 amide bonds. The summed E-state index contributed by atoms with van der Waals surface area (Å²) in [5.41, 5.74) is 2.76. The Morgan fingerprint density at radius 2 is 2.53 bits per heavy atom. The van der Waals surface area contributed by atoms with E-state index in [1.54, 1.807) is 6.20 Å². The van der Waals surface area contributed by atoms with E-state index in [2.05, 4.69) is 10.2 Å². The molecule has 0 saturated carbocycles. The maximum atomic E-state index is 12.5. The second kappa shape index (κ2) is 5.14. The predicted octanol–water partition coefficient (Wildman–Crippen LogP) is 1.99. The van der Waals surface area contributed by atoms with E-state index in [1.807, 2.05) is 28.7 Å². The molecule has 2 aromatic rings. The van der Waals surface area contributed by atoms with Crippen molar-refractivity contribution in [2.75, 3.05) is 19.8 Å².